The Morgan fingerprint density at radius 3 is 2.12 bits per heavy atom. The number of methoxy groups -OCH3 is 2. The number of esters is 2. The number of anilines is 2. The number of nitrogens with zero attached hydrogens (tertiary/aromatic N) is 1. The van der Waals surface area contributed by atoms with Crippen molar-refractivity contribution in [3.63, 3.8) is 0 Å². The van der Waals surface area contributed by atoms with Crippen molar-refractivity contribution >= 4 is 29.6 Å². The van der Waals surface area contributed by atoms with Crippen LogP contribution < -0.4 is 4.90 Å². The summed E-state index contributed by atoms with van der Waals surface area (Å²) in [6.07, 6.45) is 0.752. The van der Waals surface area contributed by atoms with Gasteiger partial charge >= 0.3 is 11.9 Å². The minimum absolute atomic E-state index is 0.119. The second-order valence-electron chi connectivity index (χ2n) is 4.95. The van der Waals surface area contributed by atoms with Crippen molar-refractivity contribution in [1.29, 1.82) is 0 Å². The zero-order chi connectivity index (χ0) is 17.7. The summed E-state index contributed by atoms with van der Waals surface area (Å²) in [6.45, 7) is 0. The van der Waals surface area contributed by atoms with Gasteiger partial charge in [0.25, 0.3) is 0 Å². The Morgan fingerprint density at radius 1 is 0.958 bits per heavy atom. The van der Waals surface area contributed by atoms with Crippen molar-refractivity contribution in [3.05, 3.63) is 59.2 Å². The number of rotatable bonds is 5. The van der Waals surface area contributed by atoms with Crippen LogP contribution in [0.2, 0.25) is 0 Å². The van der Waals surface area contributed by atoms with Gasteiger partial charge in [0, 0.05) is 18.3 Å². The molecular formula is C18H17NO5. The van der Waals surface area contributed by atoms with Crippen LogP contribution in [0, 0.1) is 0 Å². The molecule has 0 N–H and O–H groups in total. The Bertz CT molecular complexity index is 767. The van der Waals surface area contributed by atoms with E-state index in [9.17, 15) is 14.4 Å². The predicted octanol–water partition coefficient (Wildman–Crippen LogP) is 2.84. The number of aldehydes is 1. The number of ether oxygens (including phenoxy) is 2. The third-order valence-electron chi connectivity index (χ3n) is 3.62. The van der Waals surface area contributed by atoms with Gasteiger partial charge in [-0.05, 0) is 36.4 Å². The van der Waals surface area contributed by atoms with Crippen LogP contribution in [0.5, 0.6) is 0 Å². The van der Waals surface area contributed by atoms with Crippen molar-refractivity contribution in [2.45, 2.75) is 0 Å². The first-order chi connectivity index (χ1) is 11.5. The molecule has 2 aromatic rings. The zero-order valence-corrected chi connectivity index (χ0v) is 13.6. The van der Waals surface area contributed by atoms with Crippen LogP contribution in [0.4, 0.5) is 11.4 Å². The second-order valence-corrected chi connectivity index (χ2v) is 4.95. The van der Waals surface area contributed by atoms with Crippen molar-refractivity contribution < 1.29 is 23.9 Å². The molecule has 0 aromatic heterocycles. The molecule has 0 aliphatic carbocycles. The summed E-state index contributed by atoms with van der Waals surface area (Å²) in [4.78, 5) is 36.7. The van der Waals surface area contributed by atoms with E-state index in [1.54, 1.807) is 48.3 Å². The van der Waals surface area contributed by atoms with Gasteiger partial charge < -0.3 is 14.4 Å². The largest absolute Gasteiger partial charge is 0.465 e. The lowest BCUT2D eigenvalue weighted by molar-refractivity contribution is 0.0556. The third-order valence-corrected chi connectivity index (χ3v) is 3.62. The molecular weight excluding hydrogens is 310 g/mol. The van der Waals surface area contributed by atoms with E-state index >= 15 is 0 Å². The molecule has 124 valence electrons. The van der Waals surface area contributed by atoms with E-state index in [0.717, 1.165) is 12.0 Å². The maximum absolute atomic E-state index is 12.2. The van der Waals surface area contributed by atoms with Gasteiger partial charge in [0.2, 0.25) is 0 Å². The summed E-state index contributed by atoms with van der Waals surface area (Å²) in [6, 6.07) is 11.7. The fraction of sp³-hybridized carbons (Fsp3) is 0.167. The molecule has 2 rings (SSSR count). The Kier molecular flexibility index (Phi) is 5.31. The van der Waals surface area contributed by atoms with Gasteiger partial charge in [-0.1, -0.05) is 6.07 Å². The average Bonchev–Trinajstić information content (AvgIpc) is 2.65. The molecule has 0 amide bonds. The number of carbonyl (C=O) groups is 3. The molecule has 0 atom stereocenters. The summed E-state index contributed by atoms with van der Waals surface area (Å²) in [5, 5.41) is 0. The van der Waals surface area contributed by atoms with Crippen LogP contribution in [0.15, 0.2) is 42.5 Å². The van der Waals surface area contributed by atoms with Crippen molar-refractivity contribution in [3.8, 4) is 0 Å². The van der Waals surface area contributed by atoms with Crippen molar-refractivity contribution in [2.75, 3.05) is 26.2 Å². The average molecular weight is 327 g/mol. The molecule has 0 saturated heterocycles. The maximum atomic E-state index is 12.2. The van der Waals surface area contributed by atoms with E-state index in [2.05, 4.69) is 0 Å². The second kappa shape index (κ2) is 7.41. The van der Waals surface area contributed by atoms with Crippen LogP contribution >= 0.6 is 0 Å². The first-order valence-corrected chi connectivity index (χ1v) is 7.12. The topological polar surface area (TPSA) is 72.9 Å². The molecule has 24 heavy (non-hydrogen) atoms. The Balaban J connectivity index is 2.57. The van der Waals surface area contributed by atoms with Crippen LogP contribution in [0.25, 0.3) is 0 Å². The molecule has 0 heterocycles. The van der Waals surface area contributed by atoms with Gasteiger partial charge in [-0.2, -0.15) is 0 Å². The van der Waals surface area contributed by atoms with Crippen LogP contribution in [0.1, 0.15) is 31.1 Å². The van der Waals surface area contributed by atoms with E-state index in [1.807, 2.05) is 0 Å². The highest BCUT2D eigenvalue weighted by Crippen LogP contribution is 2.30. The highest BCUT2D eigenvalue weighted by atomic mass is 16.5. The lowest BCUT2D eigenvalue weighted by Crippen LogP contribution is -2.19. The molecule has 0 spiro atoms. The number of hydrogen-bond acceptors (Lipinski definition) is 6. The molecule has 6 heteroatoms. The summed E-state index contributed by atoms with van der Waals surface area (Å²) >= 11 is 0. The zero-order valence-electron chi connectivity index (χ0n) is 13.6. The van der Waals surface area contributed by atoms with E-state index in [-0.39, 0.29) is 11.1 Å². The van der Waals surface area contributed by atoms with E-state index < -0.39 is 11.9 Å². The maximum Gasteiger partial charge on any atom is 0.340 e. The first-order valence-electron chi connectivity index (χ1n) is 7.12. The minimum Gasteiger partial charge on any atom is -0.465 e. The quantitative estimate of drug-likeness (QED) is 0.621. The van der Waals surface area contributed by atoms with Crippen LogP contribution in [-0.2, 0) is 9.47 Å². The molecule has 0 saturated carbocycles. The summed E-state index contributed by atoms with van der Waals surface area (Å²) in [5.41, 5.74) is 2.02. The lowest BCUT2D eigenvalue weighted by Gasteiger charge is -2.23. The Hall–Kier alpha value is -3.15. The molecule has 0 unspecified atom stereocenters. The van der Waals surface area contributed by atoms with E-state index in [0.29, 0.717) is 11.3 Å². The van der Waals surface area contributed by atoms with Crippen LogP contribution in [-0.4, -0.2) is 39.5 Å². The Morgan fingerprint density at radius 2 is 1.58 bits per heavy atom. The first kappa shape index (κ1) is 17.2. The molecule has 0 aliphatic heterocycles. The van der Waals surface area contributed by atoms with Gasteiger partial charge in [0.15, 0.2) is 0 Å². The predicted molar refractivity (Wildman–Crippen MR) is 89.0 cm³/mol. The highest BCUT2D eigenvalue weighted by Gasteiger charge is 2.24. The molecule has 0 fully saturated rings. The third kappa shape index (κ3) is 3.27. The normalized spacial score (nSPS) is 9.96. The monoisotopic (exact) mass is 327 g/mol. The van der Waals surface area contributed by atoms with Gasteiger partial charge in [-0.25, -0.2) is 9.59 Å². The van der Waals surface area contributed by atoms with E-state index in [1.165, 1.54) is 20.3 Å². The molecule has 0 radical (unpaired) electrons. The van der Waals surface area contributed by atoms with Crippen molar-refractivity contribution in [1.82, 2.24) is 0 Å². The SMILES string of the molecule is COC(=O)c1cccc(N(C)c2ccc(C=O)cc2)c1C(=O)OC. The van der Waals surface area contributed by atoms with Gasteiger partial charge in [0.1, 0.15) is 6.29 Å². The number of benzene rings is 2. The molecule has 2 aromatic carbocycles. The fourth-order valence-electron chi connectivity index (χ4n) is 2.33. The van der Waals surface area contributed by atoms with Gasteiger partial charge in [0.05, 0.1) is 31.0 Å². The smallest absolute Gasteiger partial charge is 0.340 e. The standard InChI is InChI=1S/C18H17NO5/c1-19(13-9-7-12(11-20)8-10-13)15-6-4-5-14(17(21)23-2)16(15)18(22)24-3/h4-11H,1-3H3. The fourth-order valence-corrected chi connectivity index (χ4v) is 2.33. The number of hydrogen-bond donors (Lipinski definition) is 0. The van der Waals surface area contributed by atoms with E-state index in [4.69, 9.17) is 9.47 Å². The highest BCUT2D eigenvalue weighted by molar-refractivity contribution is 6.07. The molecule has 0 aliphatic rings. The summed E-state index contributed by atoms with van der Waals surface area (Å²) < 4.78 is 9.55. The minimum atomic E-state index is -0.637. The Labute approximate surface area is 139 Å². The van der Waals surface area contributed by atoms with Crippen LogP contribution in [0.3, 0.4) is 0 Å². The summed E-state index contributed by atoms with van der Waals surface area (Å²) in [5.74, 6) is -1.26. The summed E-state index contributed by atoms with van der Waals surface area (Å²) in [7, 11) is 4.25. The van der Waals surface area contributed by atoms with Gasteiger partial charge in [-0.15, -0.1) is 0 Å². The number of carbonyl (C=O) groups excluding carboxylic acids is 3. The van der Waals surface area contributed by atoms with Gasteiger partial charge in [-0.3, -0.25) is 4.79 Å². The molecule has 0 bridgehead atoms. The molecule has 6 nitrogen and oxygen atoms in total. The van der Waals surface area contributed by atoms with Crippen molar-refractivity contribution in [2.24, 2.45) is 0 Å². The lowest BCUT2D eigenvalue weighted by atomic mass is 10.0.